The Bertz CT molecular complexity index is 1250. The van der Waals surface area contributed by atoms with Gasteiger partial charge in [0.15, 0.2) is 11.6 Å². The lowest BCUT2D eigenvalue weighted by Gasteiger charge is -2.13. The van der Waals surface area contributed by atoms with Gasteiger partial charge in [0.25, 0.3) is 0 Å². The van der Waals surface area contributed by atoms with Crippen molar-refractivity contribution in [2.75, 3.05) is 21.3 Å². The van der Waals surface area contributed by atoms with Gasteiger partial charge in [-0.15, -0.1) is 0 Å². The molecule has 0 aliphatic carbocycles. The van der Waals surface area contributed by atoms with E-state index in [1.165, 1.54) is 7.11 Å². The number of hydrogen-bond donors (Lipinski definition) is 1. The normalized spacial score (nSPS) is 11.9. The molecule has 4 aromatic rings. The molecule has 2 aromatic heterocycles. The zero-order valence-corrected chi connectivity index (χ0v) is 20.1. The number of carbonyl (C=O) groups excluding carboxylic acids is 1. The Morgan fingerprint density at radius 3 is 2.21 bits per heavy atom. The van der Waals surface area contributed by atoms with Gasteiger partial charge in [-0.3, -0.25) is 9.89 Å². The van der Waals surface area contributed by atoms with E-state index in [9.17, 15) is 4.79 Å². The number of benzene rings is 2. The van der Waals surface area contributed by atoms with E-state index < -0.39 is 6.10 Å². The number of rotatable bonds is 8. The van der Waals surface area contributed by atoms with Crippen molar-refractivity contribution in [3.05, 3.63) is 70.2 Å². The number of nitrogens with zero attached hydrogens (tertiary/aromatic N) is 2. The van der Waals surface area contributed by atoms with Crippen LogP contribution in [0.5, 0.6) is 11.5 Å². The van der Waals surface area contributed by atoms with E-state index in [2.05, 4.69) is 31.1 Å². The third-order valence-corrected chi connectivity index (χ3v) is 5.90. The van der Waals surface area contributed by atoms with Crippen LogP contribution in [0.3, 0.4) is 0 Å². The number of aryl methyl sites for hydroxylation is 1. The van der Waals surface area contributed by atoms with Crippen LogP contribution >= 0.6 is 15.9 Å². The average molecular weight is 512 g/mol. The Morgan fingerprint density at radius 2 is 1.67 bits per heavy atom. The second-order valence-corrected chi connectivity index (χ2v) is 8.00. The summed E-state index contributed by atoms with van der Waals surface area (Å²) in [6.45, 7) is 1.84. The molecule has 0 spiro atoms. The molecule has 33 heavy (non-hydrogen) atoms. The van der Waals surface area contributed by atoms with Crippen molar-refractivity contribution in [1.82, 2.24) is 15.2 Å². The number of nitrogens with one attached hydrogen (secondary N) is 1. The number of carbonyl (C=O) groups is 1. The first-order valence-corrected chi connectivity index (χ1v) is 10.8. The van der Waals surface area contributed by atoms with E-state index in [4.69, 9.17) is 18.6 Å². The van der Waals surface area contributed by atoms with Crippen molar-refractivity contribution in [1.29, 1.82) is 0 Å². The molecule has 0 fully saturated rings. The minimum Gasteiger partial charge on any atom is -0.495 e. The van der Waals surface area contributed by atoms with E-state index in [-0.39, 0.29) is 11.5 Å². The summed E-state index contributed by atoms with van der Waals surface area (Å²) in [4.78, 5) is 17.5. The first-order valence-electron chi connectivity index (χ1n) is 10.0. The fourth-order valence-electron chi connectivity index (χ4n) is 3.44. The van der Waals surface area contributed by atoms with Crippen molar-refractivity contribution in [3.63, 3.8) is 0 Å². The van der Waals surface area contributed by atoms with Crippen LogP contribution in [0.2, 0.25) is 0 Å². The maximum Gasteiger partial charge on any atom is 0.231 e. The van der Waals surface area contributed by atoms with Gasteiger partial charge in [0.2, 0.25) is 5.78 Å². The first-order chi connectivity index (χ1) is 15.9. The molecule has 9 heteroatoms. The number of Topliss-reactive ketones (excluding diaryl/α,β-unsaturated/α-hetero) is 1. The van der Waals surface area contributed by atoms with Crippen LogP contribution in [-0.2, 0) is 4.74 Å². The number of ketones is 1. The largest absolute Gasteiger partial charge is 0.495 e. The zero-order chi connectivity index (χ0) is 23.5. The molecule has 4 rings (SSSR count). The summed E-state index contributed by atoms with van der Waals surface area (Å²) in [6.07, 6.45) is -0.819. The van der Waals surface area contributed by atoms with Gasteiger partial charge in [-0.05, 0) is 52.7 Å². The van der Waals surface area contributed by atoms with Gasteiger partial charge >= 0.3 is 0 Å². The van der Waals surface area contributed by atoms with Crippen LogP contribution in [0.4, 0.5) is 0 Å². The van der Waals surface area contributed by atoms with Crippen LogP contribution in [0.15, 0.2) is 57.4 Å². The minimum absolute atomic E-state index is 0.186. The van der Waals surface area contributed by atoms with E-state index >= 15 is 0 Å². The quantitative estimate of drug-likeness (QED) is 0.316. The number of aromatic amines is 1. The Balaban J connectivity index is 1.59. The second-order valence-electron chi connectivity index (χ2n) is 7.21. The lowest BCUT2D eigenvalue weighted by atomic mass is 10.0. The Kier molecular flexibility index (Phi) is 6.62. The molecule has 0 aliphatic heterocycles. The molecule has 2 heterocycles. The van der Waals surface area contributed by atoms with Gasteiger partial charge < -0.3 is 18.6 Å². The van der Waals surface area contributed by atoms with Crippen LogP contribution in [-0.4, -0.2) is 42.3 Å². The monoisotopic (exact) mass is 511 g/mol. The molecule has 0 saturated heterocycles. The smallest absolute Gasteiger partial charge is 0.231 e. The van der Waals surface area contributed by atoms with E-state index in [0.717, 1.165) is 11.4 Å². The maximum absolute atomic E-state index is 13.2. The standard InChI is InChI=1S/C24H22BrN3O5/c1-13-26-24(28-27-13)15-7-5-14(6-8-15)23(32-4)22(29)18-10-9-17(33-18)16-11-19(30-2)21(25)20(12-16)31-3/h5-12,23H,1-4H3,(H,26,27,28). The minimum atomic E-state index is -0.819. The Hall–Kier alpha value is -3.43. The van der Waals surface area contributed by atoms with Crippen molar-refractivity contribution >= 4 is 21.7 Å². The lowest BCUT2D eigenvalue weighted by Crippen LogP contribution is -2.14. The molecule has 170 valence electrons. The molecule has 0 bridgehead atoms. The molecular weight excluding hydrogens is 490 g/mol. The summed E-state index contributed by atoms with van der Waals surface area (Å²) in [6, 6.07) is 14.3. The highest BCUT2D eigenvalue weighted by atomic mass is 79.9. The Morgan fingerprint density at radius 1 is 1.00 bits per heavy atom. The maximum atomic E-state index is 13.2. The molecule has 0 amide bonds. The molecule has 1 atom stereocenters. The summed E-state index contributed by atoms with van der Waals surface area (Å²) in [5.74, 6) is 2.90. The molecule has 0 saturated carbocycles. The predicted octanol–water partition coefficient (Wildman–Crippen LogP) is 5.39. The number of H-pyrrole nitrogens is 1. The van der Waals surface area contributed by atoms with Gasteiger partial charge in [0.1, 0.15) is 33.7 Å². The summed E-state index contributed by atoms with van der Waals surface area (Å²) >= 11 is 3.45. The van der Waals surface area contributed by atoms with Gasteiger partial charge in [0, 0.05) is 18.2 Å². The highest BCUT2D eigenvalue weighted by molar-refractivity contribution is 9.10. The zero-order valence-electron chi connectivity index (χ0n) is 18.5. The number of furan rings is 1. The summed E-state index contributed by atoms with van der Waals surface area (Å²) < 4.78 is 22.9. The van der Waals surface area contributed by atoms with Crippen molar-refractivity contribution in [2.45, 2.75) is 13.0 Å². The van der Waals surface area contributed by atoms with E-state index in [1.807, 2.05) is 31.2 Å². The SMILES string of the molecule is COc1cc(-c2ccc(C(=O)C(OC)c3ccc(-c4n[nH]c(C)n4)cc3)o2)cc(OC)c1Br. The van der Waals surface area contributed by atoms with Crippen LogP contribution in [0, 0.1) is 6.92 Å². The first kappa shape index (κ1) is 22.8. The molecular formula is C24H22BrN3O5. The number of ether oxygens (including phenoxy) is 3. The second kappa shape index (κ2) is 9.60. The number of aromatic nitrogens is 3. The number of methoxy groups -OCH3 is 3. The van der Waals surface area contributed by atoms with Crippen molar-refractivity contribution in [2.24, 2.45) is 0 Å². The highest BCUT2D eigenvalue weighted by Gasteiger charge is 2.25. The van der Waals surface area contributed by atoms with Gasteiger partial charge in [-0.25, -0.2) is 4.98 Å². The van der Waals surface area contributed by atoms with E-state index in [0.29, 0.717) is 38.7 Å². The fraction of sp³-hybridized carbons (Fsp3) is 0.208. The summed E-state index contributed by atoms with van der Waals surface area (Å²) in [5, 5.41) is 6.97. The third-order valence-electron chi connectivity index (χ3n) is 5.12. The number of halogens is 1. The van der Waals surface area contributed by atoms with Crippen LogP contribution in [0.25, 0.3) is 22.7 Å². The summed E-state index contributed by atoms with van der Waals surface area (Å²) in [5.41, 5.74) is 2.25. The van der Waals surface area contributed by atoms with Gasteiger partial charge in [0.05, 0.1) is 14.2 Å². The molecule has 1 unspecified atom stereocenters. The Labute approximate surface area is 199 Å². The van der Waals surface area contributed by atoms with E-state index in [1.54, 1.807) is 38.5 Å². The molecule has 0 radical (unpaired) electrons. The predicted molar refractivity (Wildman–Crippen MR) is 126 cm³/mol. The average Bonchev–Trinajstić information content (AvgIpc) is 3.50. The fourth-order valence-corrected chi connectivity index (χ4v) is 3.99. The third kappa shape index (κ3) is 4.55. The van der Waals surface area contributed by atoms with Crippen molar-refractivity contribution in [3.8, 4) is 34.2 Å². The molecule has 2 aromatic carbocycles. The number of hydrogen-bond acceptors (Lipinski definition) is 7. The van der Waals surface area contributed by atoms with Crippen LogP contribution in [0.1, 0.15) is 28.0 Å². The molecule has 8 nitrogen and oxygen atoms in total. The highest BCUT2D eigenvalue weighted by Crippen LogP contribution is 2.39. The molecule has 0 aliphatic rings. The van der Waals surface area contributed by atoms with Crippen molar-refractivity contribution < 1.29 is 23.4 Å². The molecule has 1 N–H and O–H groups in total. The summed E-state index contributed by atoms with van der Waals surface area (Å²) in [7, 11) is 4.62. The topological polar surface area (TPSA) is 99.5 Å². The van der Waals surface area contributed by atoms with Gasteiger partial charge in [-0.1, -0.05) is 24.3 Å². The van der Waals surface area contributed by atoms with Gasteiger partial charge in [-0.2, -0.15) is 5.10 Å². The van der Waals surface area contributed by atoms with Crippen LogP contribution < -0.4 is 9.47 Å². The lowest BCUT2D eigenvalue weighted by molar-refractivity contribution is 0.0577.